The minimum atomic E-state index is -1.46. The Morgan fingerprint density at radius 2 is 1.18 bits per heavy atom. The molecular weight excluding hydrogens is 354 g/mol. The average Bonchev–Trinajstić information content (AvgIpc) is 2.65. The van der Waals surface area contributed by atoms with Crippen LogP contribution < -0.4 is 10.9 Å². The van der Waals surface area contributed by atoms with Crippen LogP contribution in [0.1, 0.15) is 51.7 Å². The van der Waals surface area contributed by atoms with E-state index in [0.717, 1.165) is 24.0 Å². The highest BCUT2D eigenvalue weighted by Crippen LogP contribution is 2.32. The third-order valence-corrected chi connectivity index (χ3v) is 5.25. The average molecular weight is 384 g/mol. The van der Waals surface area contributed by atoms with Crippen molar-refractivity contribution in [3.63, 3.8) is 0 Å². The minimum absolute atomic E-state index is 0.0710. The SMILES string of the molecule is CC(C)(CCC(C)(C)c1ccc(B(O)O)cc1)OCc1ccc(B(O)O)cc1. The molecule has 0 spiro atoms. The van der Waals surface area contributed by atoms with Crippen LogP contribution in [-0.2, 0) is 16.8 Å². The van der Waals surface area contributed by atoms with Crippen LogP contribution in [-0.4, -0.2) is 39.9 Å². The molecule has 150 valence electrons. The van der Waals surface area contributed by atoms with Crippen molar-refractivity contribution in [1.29, 1.82) is 0 Å². The molecule has 0 bridgehead atoms. The lowest BCUT2D eigenvalue weighted by Gasteiger charge is -2.32. The summed E-state index contributed by atoms with van der Waals surface area (Å²) in [6.45, 7) is 8.94. The fourth-order valence-electron chi connectivity index (χ4n) is 3.00. The minimum Gasteiger partial charge on any atom is -0.423 e. The second kappa shape index (κ2) is 9.25. The summed E-state index contributed by atoms with van der Waals surface area (Å²) >= 11 is 0. The number of hydrogen-bond donors (Lipinski definition) is 4. The molecule has 2 rings (SSSR count). The Balaban J connectivity index is 1.91. The van der Waals surface area contributed by atoms with Gasteiger partial charge in [-0.05, 0) is 54.2 Å². The van der Waals surface area contributed by atoms with Gasteiger partial charge in [-0.25, -0.2) is 0 Å². The topological polar surface area (TPSA) is 90.2 Å². The molecule has 0 amide bonds. The summed E-state index contributed by atoms with van der Waals surface area (Å²) in [7, 11) is -2.90. The van der Waals surface area contributed by atoms with Crippen LogP contribution in [0.3, 0.4) is 0 Å². The van der Waals surface area contributed by atoms with E-state index in [9.17, 15) is 10.0 Å². The second-order valence-corrected chi connectivity index (χ2v) is 8.54. The van der Waals surface area contributed by atoms with Gasteiger partial charge in [-0.3, -0.25) is 0 Å². The lowest BCUT2D eigenvalue weighted by atomic mass is 9.75. The Morgan fingerprint density at radius 3 is 1.64 bits per heavy atom. The van der Waals surface area contributed by atoms with Gasteiger partial charge in [0, 0.05) is 0 Å². The molecule has 0 aromatic heterocycles. The van der Waals surface area contributed by atoms with Gasteiger partial charge in [0.25, 0.3) is 0 Å². The van der Waals surface area contributed by atoms with Gasteiger partial charge >= 0.3 is 14.2 Å². The first-order chi connectivity index (χ1) is 13.0. The Morgan fingerprint density at radius 1 is 0.714 bits per heavy atom. The first kappa shape index (κ1) is 22.7. The van der Waals surface area contributed by atoms with Gasteiger partial charge < -0.3 is 24.8 Å². The molecule has 0 radical (unpaired) electrons. The molecule has 0 atom stereocenters. The Labute approximate surface area is 168 Å². The Bertz CT molecular complexity index is 740. The molecular formula is C21H30B2O5. The Kier molecular flexibility index (Phi) is 7.48. The van der Waals surface area contributed by atoms with Crippen molar-refractivity contribution in [2.45, 2.75) is 58.2 Å². The fraction of sp³-hybridized carbons (Fsp3) is 0.429. The zero-order valence-electron chi connectivity index (χ0n) is 17.1. The van der Waals surface area contributed by atoms with Gasteiger partial charge in [-0.1, -0.05) is 62.4 Å². The van der Waals surface area contributed by atoms with E-state index in [1.165, 1.54) is 0 Å². The standard InChI is InChI=1S/C21H30B2O5/c1-20(2,17-7-11-19(12-8-17)23(26)27)13-14-21(3,4)28-15-16-5-9-18(10-6-16)22(24)25/h5-12,24-27H,13-15H2,1-4H3. The highest BCUT2D eigenvalue weighted by atomic mass is 16.5. The highest BCUT2D eigenvalue weighted by Gasteiger charge is 2.27. The molecule has 0 aliphatic carbocycles. The van der Waals surface area contributed by atoms with Gasteiger partial charge in [-0.15, -0.1) is 0 Å². The molecule has 0 saturated carbocycles. The lowest BCUT2D eigenvalue weighted by molar-refractivity contribution is -0.0390. The van der Waals surface area contributed by atoms with E-state index in [1.807, 2.05) is 24.3 Å². The fourth-order valence-corrected chi connectivity index (χ4v) is 3.00. The van der Waals surface area contributed by atoms with Crippen LogP contribution in [0.5, 0.6) is 0 Å². The summed E-state index contributed by atoms with van der Waals surface area (Å²) in [5, 5.41) is 36.8. The van der Waals surface area contributed by atoms with Crippen LogP contribution in [0.4, 0.5) is 0 Å². The zero-order valence-corrected chi connectivity index (χ0v) is 17.1. The predicted octanol–water partition coefficient (Wildman–Crippen LogP) is 1.10. The van der Waals surface area contributed by atoms with Crippen LogP contribution in [0.25, 0.3) is 0 Å². The van der Waals surface area contributed by atoms with Crippen molar-refractivity contribution in [3.8, 4) is 0 Å². The summed E-state index contributed by atoms with van der Waals surface area (Å²) in [5.41, 5.74) is 2.69. The number of hydrogen-bond acceptors (Lipinski definition) is 5. The van der Waals surface area contributed by atoms with E-state index in [-0.39, 0.29) is 11.0 Å². The van der Waals surface area contributed by atoms with Crippen molar-refractivity contribution in [1.82, 2.24) is 0 Å². The molecule has 0 unspecified atom stereocenters. The lowest BCUT2D eigenvalue weighted by Crippen LogP contribution is -2.31. The first-order valence-electron chi connectivity index (χ1n) is 9.56. The Hall–Kier alpha value is -1.63. The van der Waals surface area contributed by atoms with E-state index in [2.05, 4.69) is 27.7 Å². The summed E-state index contributed by atoms with van der Waals surface area (Å²) < 4.78 is 6.11. The maximum atomic E-state index is 9.24. The molecule has 4 N–H and O–H groups in total. The normalized spacial score (nSPS) is 12.1. The molecule has 0 saturated heterocycles. The first-order valence-corrected chi connectivity index (χ1v) is 9.56. The molecule has 7 heteroatoms. The molecule has 5 nitrogen and oxygen atoms in total. The molecule has 0 aliphatic heterocycles. The monoisotopic (exact) mass is 384 g/mol. The summed E-state index contributed by atoms with van der Waals surface area (Å²) in [4.78, 5) is 0. The maximum Gasteiger partial charge on any atom is 0.488 e. The number of benzene rings is 2. The van der Waals surface area contributed by atoms with Crippen LogP contribution in [0, 0.1) is 0 Å². The van der Waals surface area contributed by atoms with Crippen molar-refractivity contribution in [3.05, 3.63) is 59.7 Å². The number of ether oxygens (including phenoxy) is 1. The smallest absolute Gasteiger partial charge is 0.423 e. The third-order valence-electron chi connectivity index (χ3n) is 5.25. The predicted molar refractivity (Wildman–Crippen MR) is 114 cm³/mol. The second-order valence-electron chi connectivity index (χ2n) is 8.54. The molecule has 0 heterocycles. The van der Waals surface area contributed by atoms with Gasteiger partial charge in [0.15, 0.2) is 0 Å². The van der Waals surface area contributed by atoms with Gasteiger partial charge in [0.05, 0.1) is 12.2 Å². The van der Waals surface area contributed by atoms with Crippen molar-refractivity contribution in [2.24, 2.45) is 0 Å². The highest BCUT2D eigenvalue weighted by molar-refractivity contribution is 6.58. The van der Waals surface area contributed by atoms with Crippen molar-refractivity contribution in [2.75, 3.05) is 0 Å². The van der Waals surface area contributed by atoms with Gasteiger partial charge in [0.1, 0.15) is 0 Å². The van der Waals surface area contributed by atoms with Crippen molar-refractivity contribution >= 4 is 25.2 Å². The van der Waals surface area contributed by atoms with E-state index in [0.29, 0.717) is 17.5 Å². The summed E-state index contributed by atoms with van der Waals surface area (Å²) in [6.07, 6.45) is 1.77. The number of rotatable bonds is 9. The van der Waals surface area contributed by atoms with Gasteiger partial charge in [-0.2, -0.15) is 0 Å². The molecule has 0 fully saturated rings. The maximum absolute atomic E-state index is 9.24. The quantitative estimate of drug-likeness (QED) is 0.487. The van der Waals surface area contributed by atoms with E-state index in [4.69, 9.17) is 14.8 Å². The molecule has 2 aromatic carbocycles. The molecule has 0 aliphatic rings. The third kappa shape index (κ3) is 6.47. The van der Waals surface area contributed by atoms with Crippen LogP contribution in [0.2, 0.25) is 0 Å². The van der Waals surface area contributed by atoms with Crippen LogP contribution in [0.15, 0.2) is 48.5 Å². The van der Waals surface area contributed by atoms with E-state index in [1.54, 1.807) is 24.3 Å². The van der Waals surface area contributed by atoms with Crippen molar-refractivity contribution < 1.29 is 24.8 Å². The summed E-state index contributed by atoms with van der Waals surface area (Å²) in [5.74, 6) is 0. The largest absolute Gasteiger partial charge is 0.488 e. The zero-order chi connectivity index (χ0) is 20.9. The summed E-state index contributed by atoms with van der Waals surface area (Å²) in [6, 6.07) is 14.4. The van der Waals surface area contributed by atoms with E-state index < -0.39 is 14.2 Å². The van der Waals surface area contributed by atoms with E-state index >= 15 is 0 Å². The van der Waals surface area contributed by atoms with Gasteiger partial charge in [0.2, 0.25) is 0 Å². The van der Waals surface area contributed by atoms with Crippen LogP contribution >= 0.6 is 0 Å². The molecule has 28 heavy (non-hydrogen) atoms. The molecule has 2 aromatic rings.